The van der Waals surface area contributed by atoms with Gasteiger partial charge >= 0.3 is 5.69 Å². The maximum Gasteiger partial charge on any atom is 0.330 e. The molecule has 0 saturated carbocycles. The minimum atomic E-state index is -2.65. The van der Waals surface area contributed by atoms with E-state index in [2.05, 4.69) is 74.3 Å². The summed E-state index contributed by atoms with van der Waals surface area (Å²) in [5.41, 5.74) is -1.08. The normalized spacial score (nSPS) is 19.2. The molecule has 1 aliphatic heterocycles. The Morgan fingerprint density at radius 2 is 1.62 bits per heavy atom. The van der Waals surface area contributed by atoms with Crippen molar-refractivity contribution in [3.8, 4) is 0 Å². The van der Waals surface area contributed by atoms with Crippen molar-refractivity contribution in [2.75, 3.05) is 12.4 Å². The predicted molar refractivity (Wildman–Crippen MR) is 131 cm³/mol. The van der Waals surface area contributed by atoms with E-state index in [4.69, 9.17) is 9.16 Å². The predicted octanol–water partition coefficient (Wildman–Crippen LogP) is 2.70. The third-order valence-corrected chi connectivity index (χ3v) is 11.8. The molecule has 6 nitrogen and oxygen atoms in total. The van der Waals surface area contributed by atoms with Gasteiger partial charge in [-0.2, -0.15) is 0 Å². The Hall–Kier alpha value is -2.39. The lowest BCUT2D eigenvalue weighted by molar-refractivity contribution is -0.00360. The van der Waals surface area contributed by atoms with Crippen molar-refractivity contribution in [1.29, 1.82) is 0 Å². The van der Waals surface area contributed by atoms with Gasteiger partial charge in [-0.25, -0.2) is 4.79 Å². The van der Waals surface area contributed by atoms with Crippen molar-refractivity contribution in [2.24, 2.45) is 0 Å². The van der Waals surface area contributed by atoms with Crippen LogP contribution >= 0.6 is 11.8 Å². The lowest BCUT2D eigenvalue weighted by Gasteiger charge is -2.43. The standard InChI is InChI=1S/C24H28N2O4SSi/c1-24(2,3)32(18-10-6-4-7-11-18,19-12-8-5-9-13-19)29-16-22-30-21(17-31-22)26-15-14-20(27)25-23(26)28/h4-15,21-22H,16-17H2,1-3H3,(H,25,27,28)/t21?,22-/m1/s1. The fraction of sp³-hybridized carbons (Fsp3) is 0.333. The van der Waals surface area contributed by atoms with E-state index < -0.39 is 25.8 Å². The van der Waals surface area contributed by atoms with Crippen LogP contribution in [0.2, 0.25) is 5.04 Å². The zero-order chi connectivity index (χ0) is 22.8. The van der Waals surface area contributed by atoms with Crippen LogP contribution in [-0.2, 0) is 9.16 Å². The maximum atomic E-state index is 12.1. The first-order valence-corrected chi connectivity index (χ1v) is 13.6. The molecule has 1 saturated heterocycles. The third-order valence-electron chi connectivity index (χ3n) is 5.75. The van der Waals surface area contributed by atoms with E-state index in [0.29, 0.717) is 12.4 Å². The fourth-order valence-corrected chi connectivity index (χ4v) is 9.95. The SMILES string of the molecule is CC(C)(C)[Si](OC[C@@H]1OC(n2ccc(=O)[nH]c2=O)CS1)(c1ccccc1)c1ccccc1. The van der Waals surface area contributed by atoms with Crippen molar-refractivity contribution in [2.45, 2.75) is 37.5 Å². The van der Waals surface area contributed by atoms with Gasteiger partial charge in [-0.15, -0.1) is 11.8 Å². The van der Waals surface area contributed by atoms with Crippen molar-refractivity contribution >= 4 is 30.5 Å². The molecule has 2 heterocycles. The molecule has 0 spiro atoms. The second kappa shape index (κ2) is 9.23. The highest BCUT2D eigenvalue weighted by Crippen LogP contribution is 2.38. The molecule has 2 atom stereocenters. The van der Waals surface area contributed by atoms with Crippen molar-refractivity contribution < 1.29 is 9.16 Å². The average molecular weight is 469 g/mol. The third kappa shape index (κ3) is 4.41. The Bertz CT molecular complexity index is 1120. The second-order valence-electron chi connectivity index (χ2n) is 8.85. The first-order chi connectivity index (χ1) is 15.3. The molecule has 4 rings (SSSR count). The van der Waals surface area contributed by atoms with E-state index >= 15 is 0 Å². The average Bonchev–Trinajstić information content (AvgIpc) is 3.23. The molecule has 32 heavy (non-hydrogen) atoms. The van der Waals surface area contributed by atoms with Gasteiger partial charge in [-0.05, 0) is 15.4 Å². The summed E-state index contributed by atoms with van der Waals surface area (Å²) in [5.74, 6) is 0.612. The van der Waals surface area contributed by atoms with Crippen molar-refractivity contribution in [3.63, 3.8) is 0 Å². The summed E-state index contributed by atoms with van der Waals surface area (Å²) in [4.78, 5) is 25.8. The minimum Gasteiger partial charge on any atom is -0.404 e. The van der Waals surface area contributed by atoms with Crippen LogP contribution in [0.1, 0.15) is 27.0 Å². The zero-order valence-electron chi connectivity index (χ0n) is 18.5. The number of thioether (sulfide) groups is 1. The van der Waals surface area contributed by atoms with Crippen LogP contribution in [0.15, 0.2) is 82.5 Å². The Morgan fingerprint density at radius 1 is 1.03 bits per heavy atom. The summed E-state index contributed by atoms with van der Waals surface area (Å²) in [6.07, 6.45) is 1.05. The Balaban J connectivity index is 1.62. The minimum absolute atomic E-state index is 0.117. The molecule has 1 aromatic heterocycles. The molecular formula is C24H28N2O4SSi. The van der Waals surface area contributed by atoms with E-state index in [0.717, 1.165) is 0 Å². The molecule has 1 aliphatic rings. The Labute approximate surface area is 192 Å². The summed E-state index contributed by atoms with van der Waals surface area (Å²) >= 11 is 1.62. The second-order valence-corrected chi connectivity index (χ2v) is 14.3. The highest BCUT2D eigenvalue weighted by Gasteiger charge is 2.50. The number of H-pyrrole nitrogens is 1. The zero-order valence-corrected chi connectivity index (χ0v) is 20.3. The van der Waals surface area contributed by atoms with Gasteiger partial charge in [0.15, 0.2) is 0 Å². The van der Waals surface area contributed by atoms with Crippen LogP contribution in [0, 0.1) is 0 Å². The van der Waals surface area contributed by atoms with Gasteiger partial charge in [-0.3, -0.25) is 14.3 Å². The van der Waals surface area contributed by atoms with Crippen LogP contribution in [0.25, 0.3) is 0 Å². The molecule has 2 aromatic carbocycles. The highest BCUT2D eigenvalue weighted by atomic mass is 32.2. The monoisotopic (exact) mass is 468 g/mol. The van der Waals surface area contributed by atoms with Gasteiger partial charge in [0.05, 0.1) is 6.61 Å². The van der Waals surface area contributed by atoms with Gasteiger partial charge in [0, 0.05) is 18.0 Å². The molecule has 1 N–H and O–H groups in total. The van der Waals surface area contributed by atoms with Gasteiger partial charge in [-0.1, -0.05) is 81.4 Å². The summed E-state index contributed by atoms with van der Waals surface area (Å²) in [6, 6.07) is 22.3. The van der Waals surface area contributed by atoms with Gasteiger partial charge in [0.25, 0.3) is 13.9 Å². The van der Waals surface area contributed by atoms with Crippen LogP contribution < -0.4 is 21.6 Å². The Morgan fingerprint density at radius 3 is 2.16 bits per heavy atom. The maximum absolute atomic E-state index is 12.1. The molecule has 0 bridgehead atoms. The van der Waals surface area contributed by atoms with Gasteiger partial charge in [0.1, 0.15) is 11.7 Å². The fourth-order valence-electron chi connectivity index (χ4n) is 4.29. The van der Waals surface area contributed by atoms with Crippen LogP contribution in [0.3, 0.4) is 0 Å². The lowest BCUT2D eigenvalue weighted by atomic mass is 10.2. The molecule has 1 fully saturated rings. The van der Waals surface area contributed by atoms with Crippen molar-refractivity contribution in [3.05, 3.63) is 93.8 Å². The van der Waals surface area contributed by atoms with Gasteiger partial charge in [0.2, 0.25) is 0 Å². The molecule has 1 unspecified atom stereocenters. The first kappa shape index (κ1) is 22.8. The summed E-state index contributed by atoms with van der Waals surface area (Å²) < 4.78 is 14.5. The molecular weight excluding hydrogens is 440 g/mol. The number of hydrogen-bond donors (Lipinski definition) is 1. The van der Waals surface area contributed by atoms with Crippen LogP contribution in [-0.4, -0.2) is 35.7 Å². The lowest BCUT2D eigenvalue weighted by Crippen LogP contribution is -2.67. The van der Waals surface area contributed by atoms with Crippen LogP contribution in [0.4, 0.5) is 0 Å². The largest absolute Gasteiger partial charge is 0.404 e. The van der Waals surface area contributed by atoms with E-state index in [1.807, 2.05) is 12.1 Å². The number of benzene rings is 2. The van der Waals surface area contributed by atoms with E-state index in [-0.39, 0.29) is 10.5 Å². The summed E-state index contributed by atoms with van der Waals surface area (Å²) in [7, 11) is -2.65. The number of ether oxygens (including phenoxy) is 1. The van der Waals surface area contributed by atoms with E-state index in [1.54, 1.807) is 11.8 Å². The molecule has 0 amide bonds. The number of nitrogens with zero attached hydrogens (tertiary/aromatic N) is 1. The van der Waals surface area contributed by atoms with E-state index in [1.165, 1.54) is 27.2 Å². The molecule has 3 aromatic rings. The van der Waals surface area contributed by atoms with Gasteiger partial charge < -0.3 is 9.16 Å². The number of hydrogen-bond acceptors (Lipinski definition) is 5. The van der Waals surface area contributed by atoms with Crippen LogP contribution in [0.5, 0.6) is 0 Å². The first-order valence-electron chi connectivity index (χ1n) is 10.6. The molecule has 0 aliphatic carbocycles. The number of nitrogens with one attached hydrogen (secondary N) is 1. The summed E-state index contributed by atoms with van der Waals surface area (Å²) in [5, 5.41) is 2.32. The number of aromatic amines is 1. The molecule has 168 valence electrons. The summed E-state index contributed by atoms with van der Waals surface area (Å²) in [6.45, 7) is 7.13. The van der Waals surface area contributed by atoms with Crippen molar-refractivity contribution in [1.82, 2.24) is 9.55 Å². The highest BCUT2D eigenvalue weighted by molar-refractivity contribution is 8.00. The molecule has 0 radical (unpaired) electrons. The number of rotatable bonds is 6. The topological polar surface area (TPSA) is 73.3 Å². The Kier molecular flexibility index (Phi) is 6.57. The quantitative estimate of drug-likeness (QED) is 0.563. The smallest absolute Gasteiger partial charge is 0.330 e. The molecule has 8 heteroatoms. The number of aromatic nitrogens is 2. The van der Waals surface area contributed by atoms with E-state index in [9.17, 15) is 9.59 Å².